The van der Waals surface area contributed by atoms with Crippen molar-refractivity contribution in [3.8, 4) is 17.6 Å². The fourth-order valence-electron chi connectivity index (χ4n) is 9.28. The van der Waals surface area contributed by atoms with E-state index in [1.54, 1.807) is 56.3 Å². The lowest BCUT2D eigenvalue weighted by atomic mass is 9.65. The van der Waals surface area contributed by atoms with Gasteiger partial charge >= 0.3 is 18.0 Å². The molecular formula is C49H50N4O10. The minimum absolute atomic E-state index is 0.0318. The molecular weight excluding hydrogens is 805 g/mol. The monoisotopic (exact) mass is 854 g/mol. The summed E-state index contributed by atoms with van der Waals surface area (Å²) < 4.78 is 17.7. The van der Waals surface area contributed by atoms with Crippen molar-refractivity contribution in [2.24, 2.45) is 11.8 Å². The van der Waals surface area contributed by atoms with Crippen LogP contribution in [0.4, 0.5) is 10.5 Å². The predicted octanol–water partition coefficient (Wildman–Crippen LogP) is 4.67. The SMILES string of the molecule is C=CCNC(=O)C1C2C(=O)OC(c3ccccc3)C(c3ccccc3)N2C(c2ccccc2OCCO)C12C(=O)N(C(=O)NC(C(=O)OC)C(C)C)c1ccc(C#CCCO)cc12. The average molecular weight is 855 g/mol. The minimum Gasteiger partial charge on any atom is -0.491 e. The zero-order valence-corrected chi connectivity index (χ0v) is 35.2. The van der Waals surface area contributed by atoms with Gasteiger partial charge in [0.15, 0.2) is 0 Å². The normalized spacial score (nSPS) is 22.9. The van der Waals surface area contributed by atoms with Gasteiger partial charge in [0.05, 0.1) is 44.0 Å². The van der Waals surface area contributed by atoms with Crippen LogP contribution in [0.5, 0.6) is 5.75 Å². The molecule has 0 aliphatic carbocycles. The van der Waals surface area contributed by atoms with Gasteiger partial charge in [0, 0.05) is 24.1 Å². The zero-order valence-electron chi connectivity index (χ0n) is 35.2. The molecule has 1 spiro atoms. The molecule has 7 unspecified atom stereocenters. The molecule has 0 radical (unpaired) electrons. The first-order valence-corrected chi connectivity index (χ1v) is 20.8. The maximum absolute atomic E-state index is 16.4. The fourth-order valence-corrected chi connectivity index (χ4v) is 9.28. The third-order valence-electron chi connectivity index (χ3n) is 11.8. The molecule has 3 aliphatic heterocycles. The van der Waals surface area contributed by atoms with E-state index >= 15 is 14.4 Å². The Morgan fingerprint density at radius 2 is 1.60 bits per heavy atom. The molecule has 2 saturated heterocycles. The van der Waals surface area contributed by atoms with E-state index in [2.05, 4.69) is 29.1 Å². The van der Waals surface area contributed by atoms with Gasteiger partial charge in [-0.05, 0) is 46.9 Å². The lowest BCUT2D eigenvalue weighted by Crippen LogP contribution is -2.57. The highest BCUT2D eigenvalue weighted by Crippen LogP contribution is 2.66. The number of carbonyl (C=O) groups is 5. The number of nitrogens with zero attached hydrogens (tertiary/aromatic N) is 2. The number of rotatable bonds is 13. The summed E-state index contributed by atoms with van der Waals surface area (Å²) in [4.78, 5) is 77.5. The summed E-state index contributed by atoms with van der Waals surface area (Å²) in [5.74, 6) is 1.09. The number of benzene rings is 4. The molecule has 4 aromatic rings. The summed E-state index contributed by atoms with van der Waals surface area (Å²) in [6.07, 6.45) is 0.656. The molecule has 7 rings (SSSR count). The number of carbonyl (C=O) groups excluding carboxylic acids is 5. The number of aliphatic hydroxyl groups is 2. The number of para-hydroxylation sites is 1. The van der Waals surface area contributed by atoms with Crippen molar-refractivity contribution in [1.82, 2.24) is 15.5 Å². The molecule has 0 aromatic heterocycles. The highest BCUT2D eigenvalue weighted by molar-refractivity contribution is 6.25. The second-order valence-corrected chi connectivity index (χ2v) is 15.8. The summed E-state index contributed by atoms with van der Waals surface area (Å²) >= 11 is 0. The number of aliphatic hydroxyl groups excluding tert-OH is 2. The van der Waals surface area contributed by atoms with E-state index in [1.807, 2.05) is 65.6 Å². The molecule has 4 amide bonds. The lowest BCUT2D eigenvalue weighted by molar-refractivity contribution is -0.178. The third kappa shape index (κ3) is 7.95. The summed E-state index contributed by atoms with van der Waals surface area (Å²) in [5, 5.41) is 25.2. The number of hydrogen-bond acceptors (Lipinski definition) is 11. The van der Waals surface area contributed by atoms with Crippen molar-refractivity contribution < 1.29 is 48.4 Å². The first-order chi connectivity index (χ1) is 30.5. The standard InChI is InChI=1S/C49H50N4O10/c1-5-25-50-44(56)38-41-46(58)63-42(33-19-10-7-11-20-33)40(32-17-8-6-9-18-32)53(41)43(34-21-12-13-22-37(34)62-28-27-55)49(38)35-29-31(16-14-15-26-54)23-24-36(35)52(47(49)59)48(60)51-39(30(2)3)45(57)61-4/h5-13,17-24,29-30,38-43,54-55H,1,15,25-28H2,2-4H3,(H,50,56)(H,51,60). The number of cyclic esters (lactones) is 1. The van der Waals surface area contributed by atoms with E-state index in [0.29, 0.717) is 22.3 Å². The van der Waals surface area contributed by atoms with Gasteiger partial charge in [-0.25, -0.2) is 14.5 Å². The summed E-state index contributed by atoms with van der Waals surface area (Å²) in [7, 11) is 1.20. The maximum atomic E-state index is 16.4. The van der Waals surface area contributed by atoms with E-state index in [4.69, 9.17) is 14.2 Å². The van der Waals surface area contributed by atoms with E-state index < -0.39 is 77.3 Å². The molecule has 3 heterocycles. The Labute approximate surface area is 365 Å². The third-order valence-corrected chi connectivity index (χ3v) is 11.8. The Balaban J connectivity index is 1.61. The van der Waals surface area contributed by atoms with E-state index in [1.165, 1.54) is 13.2 Å². The van der Waals surface area contributed by atoms with Crippen molar-refractivity contribution >= 4 is 35.5 Å². The first-order valence-electron chi connectivity index (χ1n) is 20.8. The number of esters is 2. The van der Waals surface area contributed by atoms with Crippen molar-refractivity contribution in [2.45, 2.75) is 56.0 Å². The van der Waals surface area contributed by atoms with E-state index in [-0.39, 0.29) is 49.8 Å². The number of nitrogens with one attached hydrogen (secondary N) is 2. The number of anilines is 1. The van der Waals surface area contributed by atoms with Crippen LogP contribution in [0.25, 0.3) is 0 Å². The van der Waals surface area contributed by atoms with Crippen LogP contribution in [0, 0.1) is 23.7 Å². The number of fused-ring (bicyclic) bond motifs is 3. The minimum atomic E-state index is -2.13. The van der Waals surface area contributed by atoms with Crippen molar-refractivity contribution in [1.29, 1.82) is 0 Å². The molecule has 2 fully saturated rings. The molecule has 326 valence electrons. The Hall–Kier alpha value is -6.79. The van der Waals surface area contributed by atoms with E-state index in [9.17, 15) is 19.8 Å². The van der Waals surface area contributed by atoms with Crippen LogP contribution >= 0.6 is 0 Å². The van der Waals surface area contributed by atoms with Gasteiger partial charge in [-0.3, -0.25) is 19.3 Å². The molecule has 3 aliphatic rings. The van der Waals surface area contributed by atoms with Crippen LogP contribution in [0.2, 0.25) is 0 Å². The Bertz CT molecular complexity index is 2430. The highest BCUT2D eigenvalue weighted by atomic mass is 16.6. The molecule has 0 bridgehead atoms. The van der Waals surface area contributed by atoms with Gasteiger partial charge in [0.25, 0.3) is 0 Å². The number of amides is 4. The van der Waals surface area contributed by atoms with Crippen molar-refractivity contribution in [2.75, 3.05) is 38.4 Å². The van der Waals surface area contributed by atoms with Crippen LogP contribution < -0.4 is 20.3 Å². The largest absolute Gasteiger partial charge is 0.491 e. The second kappa shape index (κ2) is 19.1. The predicted molar refractivity (Wildman–Crippen MR) is 232 cm³/mol. The summed E-state index contributed by atoms with van der Waals surface area (Å²) in [6, 6.07) is 24.5. The van der Waals surface area contributed by atoms with Gasteiger partial charge in [-0.1, -0.05) is 111 Å². The summed E-state index contributed by atoms with van der Waals surface area (Å²) in [5.41, 5.74) is 0.280. The lowest BCUT2D eigenvalue weighted by Gasteiger charge is -2.46. The Morgan fingerprint density at radius 3 is 2.25 bits per heavy atom. The van der Waals surface area contributed by atoms with Crippen molar-refractivity contribution in [3.63, 3.8) is 0 Å². The number of morpholine rings is 1. The number of urea groups is 1. The Kier molecular flexibility index (Phi) is 13.4. The van der Waals surface area contributed by atoms with Gasteiger partial charge in [0.1, 0.15) is 36.0 Å². The van der Waals surface area contributed by atoms with Gasteiger partial charge < -0.3 is 35.1 Å². The quantitative estimate of drug-likeness (QED) is 0.0834. The van der Waals surface area contributed by atoms with Crippen LogP contribution in [0.15, 0.2) is 116 Å². The molecule has 0 saturated carbocycles. The second-order valence-electron chi connectivity index (χ2n) is 15.8. The number of hydrogen-bond donors (Lipinski definition) is 4. The van der Waals surface area contributed by atoms with Crippen LogP contribution in [-0.4, -0.2) is 90.5 Å². The van der Waals surface area contributed by atoms with Crippen LogP contribution in [0.1, 0.15) is 66.3 Å². The molecule has 7 atom stereocenters. The summed E-state index contributed by atoms with van der Waals surface area (Å²) in [6.45, 7) is 6.51. The Morgan fingerprint density at radius 1 is 0.921 bits per heavy atom. The van der Waals surface area contributed by atoms with Crippen LogP contribution in [0.3, 0.4) is 0 Å². The number of methoxy groups -OCH3 is 1. The van der Waals surface area contributed by atoms with Crippen LogP contribution in [-0.2, 0) is 34.1 Å². The van der Waals surface area contributed by atoms with E-state index in [0.717, 1.165) is 4.90 Å². The van der Waals surface area contributed by atoms with Gasteiger partial charge in [-0.2, -0.15) is 0 Å². The topological polar surface area (TPSA) is 184 Å². The highest BCUT2D eigenvalue weighted by Gasteiger charge is 2.76. The first kappa shape index (κ1) is 44.3. The zero-order chi connectivity index (χ0) is 44.8. The number of imide groups is 1. The molecule has 14 heteroatoms. The van der Waals surface area contributed by atoms with Crippen molar-refractivity contribution in [3.05, 3.63) is 144 Å². The van der Waals surface area contributed by atoms with Gasteiger partial charge in [0.2, 0.25) is 11.8 Å². The molecule has 14 nitrogen and oxygen atoms in total. The van der Waals surface area contributed by atoms with Gasteiger partial charge in [-0.15, -0.1) is 6.58 Å². The number of ether oxygens (including phenoxy) is 3. The molecule has 63 heavy (non-hydrogen) atoms. The molecule has 4 aromatic carbocycles. The maximum Gasteiger partial charge on any atom is 0.329 e. The molecule has 4 N–H and O–H groups in total. The smallest absolute Gasteiger partial charge is 0.329 e. The average Bonchev–Trinajstić information content (AvgIpc) is 3.75. The fraction of sp³-hybridized carbons (Fsp3) is 0.327.